The van der Waals surface area contributed by atoms with Gasteiger partial charge >= 0.3 is 6.36 Å². The summed E-state index contributed by atoms with van der Waals surface area (Å²) in [6.45, 7) is 2.01. The maximum atomic E-state index is 12.5. The number of rotatable bonds is 6. The van der Waals surface area contributed by atoms with Gasteiger partial charge in [0.05, 0.1) is 11.4 Å². The molecular formula is C24H20F3N3O2. The summed E-state index contributed by atoms with van der Waals surface area (Å²) in [7, 11) is 0. The van der Waals surface area contributed by atoms with E-state index >= 15 is 0 Å². The van der Waals surface area contributed by atoms with Crippen LogP contribution in [0.25, 0.3) is 16.9 Å². The Labute approximate surface area is 182 Å². The zero-order chi connectivity index (χ0) is 22.7. The Morgan fingerprint density at radius 1 is 1.03 bits per heavy atom. The summed E-state index contributed by atoms with van der Waals surface area (Å²) >= 11 is 0. The Kier molecular flexibility index (Phi) is 5.85. The number of nitrogens with one attached hydrogen (secondary N) is 1. The molecule has 0 spiro atoms. The summed E-state index contributed by atoms with van der Waals surface area (Å²) in [6, 6.07) is 18.8. The molecule has 4 rings (SSSR count). The van der Waals surface area contributed by atoms with Crippen LogP contribution >= 0.6 is 0 Å². The number of hydrogen-bond donors (Lipinski definition) is 1. The summed E-state index contributed by atoms with van der Waals surface area (Å²) < 4.78 is 42.6. The SMILES string of the molecule is Cc1ccc(-c2nc3ccccn3c2CCC(=O)Nc2ccc(OC(F)(F)F)cc2)cc1. The third-order valence-corrected chi connectivity index (χ3v) is 4.91. The van der Waals surface area contributed by atoms with Gasteiger partial charge in [0, 0.05) is 23.9 Å². The summed E-state index contributed by atoms with van der Waals surface area (Å²) in [4.78, 5) is 17.2. The van der Waals surface area contributed by atoms with Crippen LogP contribution in [0.2, 0.25) is 0 Å². The number of halogens is 3. The molecule has 0 fully saturated rings. The van der Waals surface area contributed by atoms with E-state index in [4.69, 9.17) is 4.98 Å². The van der Waals surface area contributed by atoms with Crippen LogP contribution in [-0.2, 0) is 11.2 Å². The van der Waals surface area contributed by atoms with E-state index in [1.165, 1.54) is 12.1 Å². The van der Waals surface area contributed by atoms with Crippen LogP contribution in [0, 0.1) is 6.92 Å². The molecule has 4 aromatic rings. The van der Waals surface area contributed by atoms with Crippen molar-refractivity contribution >= 4 is 17.2 Å². The number of carbonyl (C=O) groups is 1. The van der Waals surface area contributed by atoms with E-state index in [1.807, 2.05) is 60.0 Å². The molecule has 0 saturated carbocycles. The number of fused-ring (bicyclic) bond motifs is 1. The molecule has 0 bridgehead atoms. The highest BCUT2D eigenvalue weighted by atomic mass is 19.4. The molecule has 0 unspecified atom stereocenters. The minimum absolute atomic E-state index is 0.183. The summed E-state index contributed by atoms with van der Waals surface area (Å²) in [5.41, 5.74) is 5.02. The number of imidazole rings is 1. The molecule has 0 aliphatic rings. The monoisotopic (exact) mass is 439 g/mol. The third kappa shape index (κ3) is 5.08. The van der Waals surface area contributed by atoms with Crippen LogP contribution in [0.3, 0.4) is 0 Å². The van der Waals surface area contributed by atoms with Gasteiger partial charge in [-0.15, -0.1) is 13.2 Å². The number of alkyl halides is 3. The van der Waals surface area contributed by atoms with Crippen LogP contribution in [0.1, 0.15) is 17.7 Å². The van der Waals surface area contributed by atoms with E-state index < -0.39 is 6.36 Å². The van der Waals surface area contributed by atoms with E-state index in [-0.39, 0.29) is 18.1 Å². The van der Waals surface area contributed by atoms with E-state index in [1.54, 1.807) is 0 Å². The standard InChI is InChI=1S/C24H20F3N3O2/c1-16-5-7-17(8-6-16)23-20(30-15-3-2-4-21(30)29-23)13-14-22(31)28-18-9-11-19(12-10-18)32-24(25,26)27/h2-12,15H,13-14H2,1H3,(H,28,31). The smallest absolute Gasteiger partial charge is 0.406 e. The number of amides is 1. The number of carbonyl (C=O) groups excluding carboxylic acids is 1. The normalized spacial score (nSPS) is 11.5. The molecule has 32 heavy (non-hydrogen) atoms. The van der Waals surface area contributed by atoms with Crippen molar-refractivity contribution in [1.82, 2.24) is 9.38 Å². The largest absolute Gasteiger partial charge is 0.573 e. The molecule has 2 aromatic heterocycles. The lowest BCUT2D eigenvalue weighted by molar-refractivity contribution is -0.274. The molecule has 0 radical (unpaired) electrons. The van der Waals surface area contributed by atoms with E-state index in [2.05, 4.69) is 10.1 Å². The third-order valence-electron chi connectivity index (χ3n) is 4.91. The highest BCUT2D eigenvalue weighted by molar-refractivity contribution is 5.91. The maximum Gasteiger partial charge on any atom is 0.573 e. The predicted molar refractivity (Wildman–Crippen MR) is 115 cm³/mol. The van der Waals surface area contributed by atoms with Crippen molar-refractivity contribution in [2.75, 3.05) is 5.32 Å². The highest BCUT2D eigenvalue weighted by Gasteiger charge is 2.31. The number of benzene rings is 2. The first-order chi connectivity index (χ1) is 15.3. The number of hydrogen-bond acceptors (Lipinski definition) is 3. The van der Waals surface area contributed by atoms with Gasteiger partial charge in [0.15, 0.2) is 0 Å². The minimum atomic E-state index is -4.76. The van der Waals surface area contributed by atoms with Gasteiger partial charge in [-0.25, -0.2) is 4.98 Å². The maximum absolute atomic E-state index is 12.5. The van der Waals surface area contributed by atoms with Gasteiger partial charge in [-0.05, 0) is 49.7 Å². The van der Waals surface area contributed by atoms with Crippen molar-refractivity contribution in [2.45, 2.75) is 26.1 Å². The molecule has 164 valence electrons. The van der Waals surface area contributed by atoms with Gasteiger partial charge in [0.2, 0.25) is 5.91 Å². The fourth-order valence-electron chi connectivity index (χ4n) is 3.42. The summed E-state index contributed by atoms with van der Waals surface area (Å²) in [5.74, 6) is -0.598. The van der Waals surface area contributed by atoms with Crippen LogP contribution in [0.15, 0.2) is 72.9 Å². The topological polar surface area (TPSA) is 55.6 Å². The van der Waals surface area contributed by atoms with Crippen LogP contribution in [0.4, 0.5) is 18.9 Å². The number of aromatic nitrogens is 2. The molecule has 5 nitrogen and oxygen atoms in total. The second kappa shape index (κ2) is 8.74. The second-order valence-electron chi connectivity index (χ2n) is 7.32. The number of aryl methyl sites for hydroxylation is 2. The number of ether oxygens (including phenoxy) is 1. The number of pyridine rings is 1. The zero-order valence-electron chi connectivity index (χ0n) is 17.2. The lowest BCUT2D eigenvalue weighted by Crippen LogP contribution is -2.17. The first kappa shape index (κ1) is 21.4. The van der Waals surface area contributed by atoms with Crippen molar-refractivity contribution < 1.29 is 22.7 Å². The molecule has 0 saturated heterocycles. The Hall–Kier alpha value is -3.81. The van der Waals surface area contributed by atoms with E-state index in [9.17, 15) is 18.0 Å². The van der Waals surface area contributed by atoms with Gasteiger partial charge in [-0.1, -0.05) is 35.9 Å². The van der Waals surface area contributed by atoms with Crippen molar-refractivity contribution in [2.24, 2.45) is 0 Å². The molecule has 0 atom stereocenters. The fourth-order valence-corrected chi connectivity index (χ4v) is 3.42. The van der Waals surface area contributed by atoms with Gasteiger partial charge in [0.1, 0.15) is 11.4 Å². The predicted octanol–water partition coefficient (Wildman–Crippen LogP) is 5.78. The van der Waals surface area contributed by atoms with E-state index in [0.717, 1.165) is 40.3 Å². The van der Waals surface area contributed by atoms with Gasteiger partial charge in [-0.3, -0.25) is 4.79 Å². The molecule has 0 aliphatic heterocycles. The minimum Gasteiger partial charge on any atom is -0.406 e. The van der Waals surface area contributed by atoms with Crippen LogP contribution in [-0.4, -0.2) is 21.7 Å². The Morgan fingerprint density at radius 2 is 1.75 bits per heavy atom. The highest BCUT2D eigenvalue weighted by Crippen LogP contribution is 2.27. The van der Waals surface area contributed by atoms with Gasteiger partial charge in [-0.2, -0.15) is 0 Å². The molecule has 0 aliphatic carbocycles. The number of anilines is 1. The van der Waals surface area contributed by atoms with Crippen molar-refractivity contribution in [3.8, 4) is 17.0 Å². The molecule has 2 aromatic carbocycles. The number of nitrogens with zero attached hydrogens (tertiary/aromatic N) is 2. The fraction of sp³-hybridized carbons (Fsp3) is 0.167. The van der Waals surface area contributed by atoms with Crippen molar-refractivity contribution in [3.63, 3.8) is 0 Å². The lowest BCUT2D eigenvalue weighted by atomic mass is 10.1. The lowest BCUT2D eigenvalue weighted by Gasteiger charge is -2.10. The molecule has 8 heteroatoms. The van der Waals surface area contributed by atoms with Crippen molar-refractivity contribution in [1.29, 1.82) is 0 Å². The first-order valence-electron chi connectivity index (χ1n) is 9.97. The van der Waals surface area contributed by atoms with Crippen LogP contribution in [0.5, 0.6) is 5.75 Å². The zero-order valence-corrected chi connectivity index (χ0v) is 17.2. The molecule has 2 heterocycles. The molecule has 1 N–H and O–H groups in total. The quantitative estimate of drug-likeness (QED) is 0.414. The van der Waals surface area contributed by atoms with Gasteiger partial charge in [0.25, 0.3) is 0 Å². The molecule has 1 amide bonds. The average molecular weight is 439 g/mol. The second-order valence-corrected chi connectivity index (χ2v) is 7.32. The van der Waals surface area contributed by atoms with Crippen LogP contribution < -0.4 is 10.1 Å². The average Bonchev–Trinajstić information content (AvgIpc) is 3.12. The Bertz CT molecular complexity index is 1230. The summed E-state index contributed by atoms with van der Waals surface area (Å²) in [6.07, 6.45) is -2.22. The van der Waals surface area contributed by atoms with Gasteiger partial charge < -0.3 is 14.5 Å². The van der Waals surface area contributed by atoms with E-state index in [0.29, 0.717) is 12.1 Å². The Balaban J connectivity index is 1.48. The Morgan fingerprint density at radius 3 is 2.44 bits per heavy atom. The summed E-state index contributed by atoms with van der Waals surface area (Å²) in [5, 5.41) is 2.70. The first-order valence-corrected chi connectivity index (χ1v) is 9.97. The van der Waals surface area contributed by atoms with Crippen molar-refractivity contribution in [3.05, 3.63) is 84.2 Å². The molecular weight excluding hydrogens is 419 g/mol.